The molecular formula is C20H17N3O5S. The summed E-state index contributed by atoms with van der Waals surface area (Å²) in [6, 6.07) is 11.4. The maximum absolute atomic E-state index is 11.9. The SMILES string of the molecule is Cc1cc(COc2ccc(Sc3ccoc3C3NC(=O)NC3=O)cc2)cc[n+]1[O-]. The van der Waals surface area contributed by atoms with Crippen LogP contribution in [-0.2, 0) is 11.4 Å². The van der Waals surface area contributed by atoms with E-state index in [2.05, 4.69) is 10.6 Å². The summed E-state index contributed by atoms with van der Waals surface area (Å²) in [4.78, 5) is 24.9. The van der Waals surface area contributed by atoms with Crippen molar-refractivity contribution < 1.29 is 23.5 Å². The van der Waals surface area contributed by atoms with E-state index in [1.54, 1.807) is 25.1 Å². The third-order valence-electron chi connectivity index (χ3n) is 4.32. The molecule has 0 saturated carbocycles. The topological polar surface area (TPSA) is 108 Å². The number of nitrogens with zero attached hydrogens (tertiary/aromatic N) is 1. The molecule has 1 fully saturated rings. The second-order valence-electron chi connectivity index (χ2n) is 6.41. The Balaban J connectivity index is 1.40. The second kappa shape index (κ2) is 7.88. The van der Waals surface area contributed by atoms with Gasteiger partial charge in [-0.1, -0.05) is 11.8 Å². The van der Waals surface area contributed by atoms with Crippen LogP contribution in [0.2, 0.25) is 0 Å². The van der Waals surface area contributed by atoms with Gasteiger partial charge in [-0.15, -0.1) is 0 Å². The zero-order valence-electron chi connectivity index (χ0n) is 15.4. The molecule has 9 heteroatoms. The van der Waals surface area contributed by atoms with Crippen LogP contribution in [0.25, 0.3) is 0 Å². The Labute approximate surface area is 170 Å². The van der Waals surface area contributed by atoms with E-state index in [0.717, 1.165) is 20.1 Å². The molecule has 1 aromatic carbocycles. The van der Waals surface area contributed by atoms with Gasteiger partial charge in [0.05, 0.1) is 11.2 Å². The summed E-state index contributed by atoms with van der Waals surface area (Å²) < 4.78 is 12.0. The smallest absolute Gasteiger partial charge is 0.322 e. The Bertz CT molecular complexity index is 1060. The quantitative estimate of drug-likeness (QED) is 0.367. The minimum absolute atomic E-state index is 0.358. The highest BCUT2D eigenvalue weighted by Gasteiger charge is 2.35. The number of hydrogen-bond donors (Lipinski definition) is 2. The Morgan fingerprint density at radius 2 is 2.00 bits per heavy atom. The average Bonchev–Trinajstić information content (AvgIpc) is 3.29. The number of urea groups is 1. The normalized spacial score (nSPS) is 15.8. The number of nitrogens with one attached hydrogen (secondary N) is 2. The molecule has 29 heavy (non-hydrogen) atoms. The molecule has 1 aliphatic heterocycles. The Morgan fingerprint density at radius 1 is 1.21 bits per heavy atom. The number of hydrogen-bond acceptors (Lipinski definition) is 6. The molecule has 2 aromatic heterocycles. The summed E-state index contributed by atoms with van der Waals surface area (Å²) in [5.74, 6) is 0.656. The zero-order chi connectivity index (χ0) is 20.4. The Kier molecular flexibility index (Phi) is 5.13. The molecule has 8 nitrogen and oxygen atoms in total. The molecule has 0 aliphatic carbocycles. The van der Waals surface area contributed by atoms with Gasteiger partial charge in [0.15, 0.2) is 17.9 Å². The van der Waals surface area contributed by atoms with Crippen molar-refractivity contribution in [3.8, 4) is 5.75 Å². The lowest BCUT2D eigenvalue weighted by Gasteiger charge is -2.09. The lowest BCUT2D eigenvalue weighted by molar-refractivity contribution is -0.612. The number of aromatic nitrogens is 1. The van der Waals surface area contributed by atoms with Gasteiger partial charge in [-0.05, 0) is 30.3 Å². The van der Waals surface area contributed by atoms with E-state index in [9.17, 15) is 14.8 Å². The van der Waals surface area contributed by atoms with Crippen molar-refractivity contribution in [1.29, 1.82) is 0 Å². The van der Waals surface area contributed by atoms with E-state index < -0.39 is 18.0 Å². The molecular weight excluding hydrogens is 394 g/mol. The maximum atomic E-state index is 11.9. The van der Waals surface area contributed by atoms with Gasteiger partial charge in [-0.2, -0.15) is 4.73 Å². The first kappa shape index (κ1) is 18.9. The van der Waals surface area contributed by atoms with E-state index in [4.69, 9.17) is 9.15 Å². The number of carbonyl (C=O) groups is 2. The summed E-state index contributed by atoms with van der Waals surface area (Å²) in [6.45, 7) is 2.10. The summed E-state index contributed by atoms with van der Waals surface area (Å²) >= 11 is 1.42. The summed E-state index contributed by atoms with van der Waals surface area (Å²) in [5.41, 5.74) is 1.52. The van der Waals surface area contributed by atoms with Crippen LogP contribution in [0.1, 0.15) is 23.1 Å². The molecule has 1 unspecified atom stereocenters. The van der Waals surface area contributed by atoms with Gasteiger partial charge in [-0.3, -0.25) is 10.1 Å². The minimum Gasteiger partial charge on any atom is -0.619 e. The fourth-order valence-electron chi connectivity index (χ4n) is 2.85. The van der Waals surface area contributed by atoms with Gasteiger partial charge in [0.1, 0.15) is 18.1 Å². The zero-order valence-corrected chi connectivity index (χ0v) is 16.2. The largest absolute Gasteiger partial charge is 0.619 e. The van der Waals surface area contributed by atoms with Crippen molar-refractivity contribution in [2.24, 2.45) is 0 Å². The second-order valence-corrected chi connectivity index (χ2v) is 7.52. The number of amides is 3. The van der Waals surface area contributed by atoms with E-state index in [1.807, 2.05) is 24.3 Å². The lowest BCUT2D eigenvalue weighted by Crippen LogP contribution is -2.29. The van der Waals surface area contributed by atoms with Gasteiger partial charge < -0.3 is 19.7 Å². The predicted octanol–water partition coefficient (Wildman–Crippen LogP) is 2.83. The molecule has 1 atom stereocenters. The van der Waals surface area contributed by atoms with Crippen LogP contribution in [0.15, 0.2) is 69.1 Å². The van der Waals surface area contributed by atoms with Crippen LogP contribution in [0.3, 0.4) is 0 Å². The molecule has 0 radical (unpaired) electrons. The minimum atomic E-state index is -0.829. The number of rotatable bonds is 6. The third-order valence-corrected chi connectivity index (χ3v) is 5.38. The van der Waals surface area contributed by atoms with Gasteiger partial charge in [-0.25, -0.2) is 4.79 Å². The third kappa shape index (κ3) is 4.19. The van der Waals surface area contributed by atoms with E-state index in [-0.39, 0.29) is 0 Å². The Morgan fingerprint density at radius 3 is 2.69 bits per heavy atom. The molecule has 0 bridgehead atoms. The summed E-state index contributed by atoms with van der Waals surface area (Å²) in [7, 11) is 0. The molecule has 3 amide bonds. The van der Waals surface area contributed by atoms with Crippen LogP contribution >= 0.6 is 11.8 Å². The number of furan rings is 1. The van der Waals surface area contributed by atoms with Gasteiger partial charge >= 0.3 is 6.03 Å². The van der Waals surface area contributed by atoms with E-state index in [1.165, 1.54) is 24.2 Å². The highest BCUT2D eigenvalue weighted by atomic mass is 32.2. The monoisotopic (exact) mass is 411 g/mol. The number of aryl methyl sites for hydroxylation is 1. The molecule has 3 aromatic rings. The van der Waals surface area contributed by atoms with Crippen molar-refractivity contribution in [3.63, 3.8) is 0 Å². The fraction of sp³-hybridized carbons (Fsp3) is 0.150. The molecule has 148 valence electrons. The van der Waals surface area contributed by atoms with Gasteiger partial charge in [0.2, 0.25) is 0 Å². The van der Waals surface area contributed by atoms with Crippen LogP contribution in [-0.4, -0.2) is 11.9 Å². The van der Waals surface area contributed by atoms with Crippen molar-refractivity contribution in [2.45, 2.75) is 29.4 Å². The number of carbonyl (C=O) groups excluding carboxylic acids is 2. The van der Waals surface area contributed by atoms with Crippen molar-refractivity contribution >= 4 is 23.7 Å². The van der Waals surface area contributed by atoms with Crippen LogP contribution in [0.4, 0.5) is 4.79 Å². The first-order valence-corrected chi connectivity index (χ1v) is 9.59. The van der Waals surface area contributed by atoms with Crippen molar-refractivity contribution in [3.05, 3.63) is 77.1 Å². The number of imide groups is 1. The molecule has 1 saturated heterocycles. The van der Waals surface area contributed by atoms with Crippen molar-refractivity contribution in [1.82, 2.24) is 10.6 Å². The van der Waals surface area contributed by atoms with Crippen LogP contribution < -0.4 is 20.1 Å². The number of pyridine rings is 1. The van der Waals surface area contributed by atoms with Gasteiger partial charge in [0, 0.05) is 29.5 Å². The standard InChI is InChI=1S/C20H17N3O5S/c1-12-10-13(6-8-23(12)26)11-28-14-2-4-15(5-3-14)29-16-7-9-27-18(16)17-19(24)22-20(25)21-17/h2-10,17H,11H2,1H3,(H2,21,22,24,25). The molecule has 0 spiro atoms. The lowest BCUT2D eigenvalue weighted by atomic mass is 10.2. The molecule has 3 heterocycles. The van der Waals surface area contributed by atoms with Crippen molar-refractivity contribution in [2.75, 3.05) is 0 Å². The Hall–Kier alpha value is -3.46. The highest BCUT2D eigenvalue weighted by molar-refractivity contribution is 7.99. The molecule has 2 N–H and O–H groups in total. The highest BCUT2D eigenvalue weighted by Crippen LogP contribution is 2.35. The average molecular weight is 411 g/mol. The first-order valence-electron chi connectivity index (χ1n) is 8.78. The number of benzene rings is 1. The van der Waals surface area contributed by atoms with E-state index in [0.29, 0.717) is 23.8 Å². The van der Waals surface area contributed by atoms with E-state index >= 15 is 0 Å². The predicted molar refractivity (Wildman–Crippen MR) is 103 cm³/mol. The maximum Gasteiger partial charge on any atom is 0.322 e. The first-order chi connectivity index (χ1) is 14.0. The number of ether oxygens (including phenoxy) is 1. The molecule has 4 rings (SSSR count). The summed E-state index contributed by atoms with van der Waals surface area (Å²) in [6.07, 6.45) is 2.95. The molecule has 1 aliphatic rings. The van der Waals surface area contributed by atoms with Crippen LogP contribution in [0.5, 0.6) is 5.75 Å². The van der Waals surface area contributed by atoms with Crippen LogP contribution in [0, 0.1) is 12.1 Å². The summed E-state index contributed by atoms with van der Waals surface area (Å²) in [5, 5.41) is 16.1. The fourth-order valence-corrected chi connectivity index (χ4v) is 3.77. The van der Waals surface area contributed by atoms with Gasteiger partial charge in [0.25, 0.3) is 5.91 Å².